The zero-order chi connectivity index (χ0) is 8.27. The average molecular weight is 153 g/mol. The maximum atomic E-state index is 12.9. The molecule has 1 aromatic heterocycles. The van der Waals surface area contributed by atoms with Crippen LogP contribution in [0.1, 0.15) is 31.7 Å². The summed E-state index contributed by atoms with van der Waals surface area (Å²) < 4.78 is 12.9. The van der Waals surface area contributed by atoms with Crippen LogP contribution in [0.4, 0.5) is 4.39 Å². The van der Waals surface area contributed by atoms with Crippen molar-refractivity contribution in [3.05, 3.63) is 29.8 Å². The third-order valence-electron chi connectivity index (χ3n) is 1.93. The number of nitrogens with zero attached hydrogens (tertiary/aromatic N) is 1. The van der Waals surface area contributed by atoms with Gasteiger partial charge in [-0.1, -0.05) is 19.9 Å². The van der Waals surface area contributed by atoms with Crippen LogP contribution in [0.3, 0.4) is 0 Å². The molecule has 0 bridgehead atoms. The lowest BCUT2D eigenvalue weighted by Crippen LogP contribution is -1.97. The highest BCUT2D eigenvalue weighted by atomic mass is 19.1. The van der Waals surface area contributed by atoms with E-state index in [4.69, 9.17) is 0 Å². The Hall–Kier alpha value is -0.920. The van der Waals surface area contributed by atoms with Crippen LogP contribution in [-0.2, 0) is 0 Å². The topological polar surface area (TPSA) is 12.9 Å². The second kappa shape index (κ2) is 3.46. The third kappa shape index (κ3) is 1.76. The van der Waals surface area contributed by atoms with Crippen molar-refractivity contribution in [3.63, 3.8) is 0 Å². The van der Waals surface area contributed by atoms with E-state index in [0.29, 0.717) is 0 Å². The van der Waals surface area contributed by atoms with Gasteiger partial charge in [0, 0.05) is 11.8 Å². The minimum Gasteiger partial charge on any atom is -0.228 e. The van der Waals surface area contributed by atoms with Crippen molar-refractivity contribution in [1.82, 2.24) is 4.98 Å². The Morgan fingerprint density at radius 3 is 2.91 bits per heavy atom. The van der Waals surface area contributed by atoms with Gasteiger partial charge in [-0.25, -0.2) is 4.98 Å². The van der Waals surface area contributed by atoms with Crippen LogP contribution in [-0.4, -0.2) is 4.98 Å². The van der Waals surface area contributed by atoms with Crippen molar-refractivity contribution in [3.8, 4) is 0 Å². The van der Waals surface area contributed by atoms with Crippen molar-refractivity contribution in [1.29, 1.82) is 0 Å². The van der Waals surface area contributed by atoms with Gasteiger partial charge in [-0.2, -0.15) is 4.39 Å². The van der Waals surface area contributed by atoms with E-state index in [-0.39, 0.29) is 11.9 Å². The molecule has 1 aromatic rings. The van der Waals surface area contributed by atoms with E-state index in [1.165, 1.54) is 6.20 Å². The van der Waals surface area contributed by atoms with Gasteiger partial charge in [0.05, 0.1) is 0 Å². The second-order valence-corrected chi connectivity index (χ2v) is 2.69. The fraction of sp³-hybridized carbons (Fsp3) is 0.444. The molecule has 0 radical (unpaired) electrons. The highest BCUT2D eigenvalue weighted by molar-refractivity contribution is 5.15. The molecule has 2 heteroatoms. The number of rotatable bonds is 2. The summed E-state index contributed by atoms with van der Waals surface area (Å²) in [4.78, 5) is 3.58. The standard InChI is InChI=1S/C9H12FN/c1-3-7(2)8-5-4-6-11-9(8)10/h4-7H,3H2,1-2H3. The van der Waals surface area contributed by atoms with Gasteiger partial charge in [0.25, 0.3) is 0 Å². The molecular formula is C9H12FN. The van der Waals surface area contributed by atoms with Gasteiger partial charge >= 0.3 is 0 Å². The van der Waals surface area contributed by atoms with Crippen LogP contribution < -0.4 is 0 Å². The molecule has 0 aromatic carbocycles. The fourth-order valence-corrected chi connectivity index (χ4v) is 0.986. The molecule has 0 spiro atoms. The Bertz CT molecular complexity index is 235. The lowest BCUT2D eigenvalue weighted by molar-refractivity contribution is 0.546. The van der Waals surface area contributed by atoms with E-state index in [1.54, 1.807) is 12.1 Å². The first-order valence-corrected chi connectivity index (χ1v) is 3.86. The molecule has 0 aliphatic rings. The summed E-state index contributed by atoms with van der Waals surface area (Å²) in [6, 6.07) is 3.56. The van der Waals surface area contributed by atoms with E-state index < -0.39 is 0 Å². The Morgan fingerprint density at radius 2 is 2.36 bits per heavy atom. The van der Waals surface area contributed by atoms with Crippen LogP contribution >= 0.6 is 0 Å². The summed E-state index contributed by atoms with van der Waals surface area (Å²) in [5.74, 6) is -0.0643. The molecule has 0 aliphatic heterocycles. The van der Waals surface area contributed by atoms with Crippen molar-refractivity contribution in [2.75, 3.05) is 0 Å². The second-order valence-electron chi connectivity index (χ2n) is 2.69. The van der Waals surface area contributed by atoms with Crippen LogP contribution in [0, 0.1) is 5.95 Å². The van der Waals surface area contributed by atoms with Crippen LogP contribution in [0.2, 0.25) is 0 Å². The van der Waals surface area contributed by atoms with Gasteiger partial charge in [-0.05, 0) is 18.4 Å². The SMILES string of the molecule is CCC(C)c1cccnc1F. The summed E-state index contributed by atoms with van der Waals surface area (Å²) in [6.07, 6.45) is 2.42. The fourth-order valence-electron chi connectivity index (χ4n) is 0.986. The minimum absolute atomic E-state index is 0.267. The molecule has 60 valence electrons. The molecule has 11 heavy (non-hydrogen) atoms. The minimum atomic E-state index is -0.332. The third-order valence-corrected chi connectivity index (χ3v) is 1.93. The Balaban J connectivity index is 2.93. The molecule has 1 unspecified atom stereocenters. The van der Waals surface area contributed by atoms with Gasteiger partial charge in [0.1, 0.15) is 0 Å². The highest BCUT2D eigenvalue weighted by Crippen LogP contribution is 2.19. The van der Waals surface area contributed by atoms with Gasteiger partial charge < -0.3 is 0 Å². The van der Waals surface area contributed by atoms with Crippen molar-refractivity contribution in [2.45, 2.75) is 26.2 Å². The lowest BCUT2D eigenvalue weighted by Gasteiger charge is -2.07. The molecule has 0 amide bonds. The molecule has 1 rings (SSSR count). The Kier molecular flexibility index (Phi) is 2.58. The quantitative estimate of drug-likeness (QED) is 0.595. The zero-order valence-corrected chi connectivity index (χ0v) is 6.84. The summed E-state index contributed by atoms with van der Waals surface area (Å²) in [5, 5.41) is 0. The Labute approximate surface area is 66.3 Å². The summed E-state index contributed by atoms with van der Waals surface area (Å²) >= 11 is 0. The normalized spacial score (nSPS) is 13.0. The first-order chi connectivity index (χ1) is 5.25. The molecule has 1 nitrogen and oxygen atoms in total. The maximum absolute atomic E-state index is 12.9. The van der Waals surface area contributed by atoms with Crippen molar-refractivity contribution >= 4 is 0 Å². The predicted octanol–water partition coefficient (Wildman–Crippen LogP) is 2.73. The van der Waals surface area contributed by atoms with E-state index in [9.17, 15) is 4.39 Å². The largest absolute Gasteiger partial charge is 0.228 e. The maximum Gasteiger partial charge on any atom is 0.216 e. The summed E-state index contributed by atoms with van der Waals surface area (Å²) in [5.41, 5.74) is 0.718. The number of hydrogen-bond acceptors (Lipinski definition) is 1. The molecular weight excluding hydrogens is 141 g/mol. The molecule has 1 heterocycles. The molecule has 1 atom stereocenters. The van der Waals surface area contributed by atoms with Crippen LogP contribution in [0.25, 0.3) is 0 Å². The van der Waals surface area contributed by atoms with Crippen LogP contribution in [0.15, 0.2) is 18.3 Å². The average Bonchev–Trinajstić information content (AvgIpc) is 2.04. The number of pyridine rings is 1. The first kappa shape index (κ1) is 8.18. The molecule has 0 saturated heterocycles. The molecule has 0 aliphatic carbocycles. The zero-order valence-electron chi connectivity index (χ0n) is 6.84. The van der Waals surface area contributed by atoms with E-state index in [1.807, 2.05) is 13.8 Å². The summed E-state index contributed by atoms with van der Waals surface area (Å²) in [6.45, 7) is 4.04. The highest BCUT2D eigenvalue weighted by Gasteiger charge is 2.07. The van der Waals surface area contributed by atoms with E-state index >= 15 is 0 Å². The smallest absolute Gasteiger partial charge is 0.216 e. The number of halogens is 1. The van der Waals surface area contributed by atoms with Gasteiger partial charge in [0.2, 0.25) is 5.95 Å². The van der Waals surface area contributed by atoms with Crippen LogP contribution in [0.5, 0.6) is 0 Å². The number of aromatic nitrogens is 1. The molecule has 0 N–H and O–H groups in total. The predicted molar refractivity (Wildman–Crippen MR) is 42.9 cm³/mol. The first-order valence-electron chi connectivity index (χ1n) is 3.86. The van der Waals surface area contributed by atoms with Crippen molar-refractivity contribution < 1.29 is 4.39 Å². The van der Waals surface area contributed by atoms with Gasteiger partial charge in [0.15, 0.2) is 0 Å². The van der Waals surface area contributed by atoms with Gasteiger partial charge in [-0.3, -0.25) is 0 Å². The van der Waals surface area contributed by atoms with Crippen molar-refractivity contribution in [2.24, 2.45) is 0 Å². The Morgan fingerprint density at radius 1 is 1.64 bits per heavy atom. The summed E-state index contributed by atoms with van der Waals surface area (Å²) in [7, 11) is 0. The van der Waals surface area contributed by atoms with Gasteiger partial charge in [-0.15, -0.1) is 0 Å². The lowest BCUT2D eigenvalue weighted by atomic mass is 10.0. The number of hydrogen-bond donors (Lipinski definition) is 0. The van der Waals surface area contributed by atoms with E-state index in [0.717, 1.165) is 12.0 Å². The monoisotopic (exact) mass is 153 g/mol. The molecule has 0 fully saturated rings. The van der Waals surface area contributed by atoms with E-state index in [2.05, 4.69) is 4.98 Å². The molecule has 0 saturated carbocycles.